The Kier molecular flexibility index (Phi) is 11.1. The van der Waals surface area contributed by atoms with Crippen LogP contribution in [0.5, 0.6) is 5.75 Å². The van der Waals surface area contributed by atoms with Crippen LogP contribution in [0.2, 0.25) is 0 Å². The second kappa shape index (κ2) is 14.5. The summed E-state index contributed by atoms with van der Waals surface area (Å²) in [6.45, 7) is 8.25. The Morgan fingerprint density at radius 2 is 1.48 bits per heavy atom. The van der Waals surface area contributed by atoms with Gasteiger partial charge in [-0.2, -0.15) is 0 Å². The van der Waals surface area contributed by atoms with Crippen molar-refractivity contribution in [1.29, 1.82) is 0 Å². The fourth-order valence-electron chi connectivity index (χ4n) is 4.15. The first kappa shape index (κ1) is 30.7. The van der Waals surface area contributed by atoms with Gasteiger partial charge in [0.2, 0.25) is 11.8 Å². The minimum absolute atomic E-state index is 0.0650. The standard InChI is InChI=1S/C31H39N3O5S/c1-5-39-28-18-16-27(17-19-28)34(40(37,38)29-14-10-7-11-15-29)23-30(35)33(21-20-26-12-8-6-9-13-26)25(4)31(36)32-22-24(2)3/h6-19,24-25H,5,20-23H2,1-4H3,(H,32,36)/t25-/m1/s1. The van der Waals surface area contributed by atoms with Crippen LogP contribution < -0.4 is 14.4 Å². The molecule has 0 aliphatic heterocycles. The van der Waals surface area contributed by atoms with Crippen molar-refractivity contribution in [2.75, 3.05) is 30.5 Å². The van der Waals surface area contributed by atoms with E-state index in [1.807, 2.05) is 51.1 Å². The number of hydrogen-bond acceptors (Lipinski definition) is 5. The third-order valence-electron chi connectivity index (χ3n) is 6.38. The van der Waals surface area contributed by atoms with Gasteiger partial charge < -0.3 is 15.0 Å². The minimum atomic E-state index is -4.10. The first-order chi connectivity index (χ1) is 19.1. The largest absolute Gasteiger partial charge is 0.494 e. The molecule has 0 radical (unpaired) electrons. The fraction of sp³-hybridized carbons (Fsp3) is 0.355. The Labute approximate surface area is 238 Å². The van der Waals surface area contributed by atoms with Crippen LogP contribution in [0.4, 0.5) is 5.69 Å². The molecule has 0 heterocycles. The van der Waals surface area contributed by atoms with Gasteiger partial charge in [0.1, 0.15) is 18.3 Å². The van der Waals surface area contributed by atoms with Crippen LogP contribution in [0, 0.1) is 5.92 Å². The monoisotopic (exact) mass is 565 g/mol. The van der Waals surface area contributed by atoms with E-state index < -0.39 is 28.5 Å². The quantitative estimate of drug-likeness (QED) is 0.310. The lowest BCUT2D eigenvalue weighted by molar-refractivity contribution is -0.138. The minimum Gasteiger partial charge on any atom is -0.494 e. The van der Waals surface area contributed by atoms with Gasteiger partial charge in [-0.25, -0.2) is 8.42 Å². The van der Waals surface area contributed by atoms with Crippen molar-refractivity contribution in [3.8, 4) is 5.75 Å². The van der Waals surface area contributed by atoms with Crippen LogP contribution in [-0.4, -0.2) is 57.4 Å². The number of anilines is 1. The van der Waals surface area contributed by atoms with E-state index in [0.29, 0.717) is 31.0 Å². The Balaban J connectivity index is 1.95. The molecule has 3 aromatic rings. The lowest BCUT2D eigenvalue weighted by Crippen LogP contribution is -2.52. The summed E-state index contributed by atoms with van der Waals surface area (Å²) in [5, 5.41) is 2.90. The van der Waals surface area contributed by atoms with Gasteiger partial charge in [0.05, 0.1) is 17.2 Å². The van der Waals surface area contributed by atoms with Gasteiger partial charge in [0.15, 0.2) is 0 Å². The Morgan fingerprint density at radius 3 is 2.05 bits per heavy atom. The number of nitrogens with one attached hydrogen (secondary N) is 1. The fourth-order valence-corrected chi connectivity index (χ4v) is 5.58. The smallest absolute Gasteiger partial charge is 0.264 e. The lowest BCUT2D eigenvalue weighted by Gasteiger charge is -2.32. The van der Waals surface area contributed by atoms with Gasteiger partial charge in [-0.1, -0.05) is 62.4 Å². The maximum Gasteiger partial charge on any atom is 0.264 e. The number of ether oxygens (including phenoxy) is 1. The summed E-state index contributed by atoms with van der Waals surface area (Å²) in [4.78, 5) is 28.5. The Hall–Kier alpha value is -3.85. The van der Waals surface area contributed by atoms with Crippen molar-refractivity contribution in [1.82, 2.24) is 10.2 Å². The molecular weight excluding hydrogens is 526 g/mol. The average Bonchev–Trinajstić information content (AvgIpc) is 2.96. The Bertz CT molecular complexity index is 1330. The lowest BCUT2D eigenvalue weighted by atomic mass is 10.1. The molecule has 1 atom stereocenters. The molecule has 9 heteroatoms. The number of rotatable bonds is 14. The van der Waals surface area contributed by atoms with E-state index in [0.717, 1.165) is 9.87 Å². The van der Waals surface area contributed by atoms with Gasteiger partial charge in [-0.15, -0.1) is 0 Å². The summed E-state index contributed by atoms with van der Waals surface area (Å²) in [6, 6.07) is 23.4. The number of sulfonamides is 1. The van der Waals surface area contributed by atoms with Gasteiger partial charge in [0.25, 0.3) is 10.0 Å². The molecule has 0 saturated carbocycles. The number of amides is 2. The number of carbonyl (C=O) groups excluding carboxylic acids is 2. The molecule has 0 spiro atoms. The number of hydrogen-bond donors (Lipinski definition) is 1. The molecule has 8 nitrogen and oxygen atoms in total. The third kappa shape index (κ3) is 8.32. The molecule has 3 aromatic carbocycles. The van der Waals surface area contributed by atoms with Gasteiger partial charge in [0, 0.05) is 13.1 Å². The topological polar surface area (TPSA) is 96.0 Å². The van der Waals surface area contributed by atoms with E-state index >= 15 is 0 Å². The molecule has 0 unspecified atom stereocenters. The average molecular weight is 566 g/mol. The summed E-state index contributed by atoms with van der Waals surface area (Å²) in [5.74, 6) is 0.0792. The second-order valence-corrected chi connectivity index (χ2v) is 11.8. The molecule has 0 aliphatic carbocycles. The van der Waals surface area contributed by atoms with Crippen LogP contribution in [0.25, 0.3) is 0 Å². The molecule has 2 amide bonds. The number of benzene rings is 3. The highest BCUT2D eigenvalue weighted by Gasteiger charge is 2.32. The third-order valence-corrected chi connectivity index (χ3v) is 8.17. The summed E-state index contributed by atoms with van der Waals surface area (Å²) in [7, 11) is -4.10. The first-order valence-corrected chi connectivity index (χ1v) is 15.0. The van der Waals surface area contributed by atoms with Crippen LogP contribution in [0.15, 0.2) is 89.8 Å². The highest BCUT2D eigenvalue weighted by Crippen LogP contribution is 2.26. The molecule has 1 N–H and O–H groups in total. The van der Waals surface area contributed by atoms with E-state index in [2.05, 4.69) is 5.32 Å². The van der Waals surface area contributed by atoms with E-state index in [4.69, 9.17) is 4.74 Å². The predicted molar refractivity (Wildman–Crippen MR) is 158 cm³/mol. The van der Waals surface area contributed by atoms with E-state index in [1.54, 1.807) is 49.4 Å². The van der Waals surface area contributed by atoms with Crippen molar-refractivity contribution < 1.29 is 22.7 Å². The molecule has 0 fully saturated rings. The molecule has 0 bridgehead atoms. The maximum atomic E-state index is 13.9. The van der Waals surface area contributed by atoms with Gasteiger partial charge >= 0.3 is 0 Å². The maximum absolute atomic E-state index is 13.9. The number of carbonyl (C=O) groups is 2. The van der Waals surface area contributed by atoms with Crippen molar-refractivity contribution in [2.24, 2.45) is 5.92 Å². The normalized spacial score (nSPS) is 12.0. The zero-order chi connectivity index (χ0) is 29.1. The second-order valence-electron chi connectivity index (χ2n) is 9.89. The van der Waals surface area contributed by atoms with Crippen LogP contribution in [-0.2, 0) is 26.0 Å². The number of nitrogens with zero attached hydrogens (tertiary/aromatic N) is 2. The summed E-state index contributed by atoms with van der Waals surface area (Å²) in [5.41, 5.74) is 1.33. The van der Waals surface area contributed by atoms with Crippen molar-refractivity contribution in [3.63, 3.8) is 0 Å². The summed E-state index contributed by atoms with van der Waals surface area (Å²) >= 11 is 0. The summed E-state index contributed by atoms with van der Waals surface area (Å²) < 4.78 is 34.2. The molecule has 3 rings (SSSR count). The van der Waals surface area contributed by atoms with Gasteiger partial charge in [-0.05, 0) is 68.1 Å². The van der Waals surface area contributed by atoms with Crippen LogP contribution in [0.3, 0.4) is 0 Å². The zero-order valence-electron chi connectivity index (χ0n) is 23.6. The predicted octanol–water partition coefficient (Wildman–Crippen LogP) is 4.51. The van der Waals surface area contributed by atoms with Crippen LogP contribution in [0.1, 0.15) is 33.3 Å². The van der Waals surface area contributed by atoms with Crippen molar-refractivity contribution in [2.45, 2.75) is 45.1 Å². The molecule has 0 saturated heterocycles. The van der Waals surface area contributed by atoms with E-state index in [-0.39, 0.29) is 23.3 Å². The molecular formula is C31H39N3O5S. The summed E-state index contributed by atoms with van der Waals surface area (Å²) in [6.07, 6.45) is 0.517. The highest BCUT2D eigenvalue weighted by molar-refractivity contribution is 7.92. The van der Waals surface area contributed by atoms with Crippen molar-refractivity contribution in [3.05, 3.63) is 90.5 Å². The molecule has 214 valence electrons. The Morgan fingerprint density at radius 1 is 0.875 bits per heavy atom. The highest BCUT2D eigenvalue weighted by atomic mass is 32.2. The van der Waals surface area contributed by atoms with Crippen LogP contribution >= 0.6 is 0 Å². The van der Waals surface area contributed by atoms with Crippen molar-refractivity contribution >= 4 is 27.5 Å². The zero-order valence-corrected chi connectivity index (χ0v) is 24.4. The van der Waals surface area contributed by atoms with Gasteiger partial charge in [-0.3, -0.25) is 13.9 Å². The molecule has 40 heavy (non-hydrogen) atoms. The first-order valence-electron chi connectivity index (χ1n) is 13.5. The van der Waals surface area contributed by atoms with E-state index in [9.17, 15) is 18.0 Å². The van der Waals surface area contributed by atoms with E-state index in [1.165, 1.54) is 17.0 Å². The SMILES string of the molecule is CCOc1ccc(N(CC(=O)N(CCc2ccccc2)[C@H](C)C(=O)NCC(C)C)S(=O)(=O)c2ccccc2)cc1. The molecule has 0 aromatic heterocycles. The molecule has 0 aliphatic rings.